The zero-order valence-corrected chi connectivity index (χ0v) is 21.9. The molecule has 0 aliphatic rings. The number of anilines is 1. The van der Waals surface area contributed by atoms with E-state index >= 15 is 0 Å². The molecule has 12 heteroatoms. The highest BCUT2D eigenvalue weighted by Crippen LogP contribution is 2.17. The van der Waals surface area contributed by atoms with Crippen LogP contribution >= 0.6 is 0 Å². The quantitative estimate of drug-likeness (QED) is 0.345. The minimum absolute atomic E-state index is 0.000482. The van der Waals surface area contributed by atoms with E-state index in [1.807, 2.05) is 0 Å². The van der Waals surface area contributed by atoms with Crippen LogP contribution in [0.15, 0.2) is 82.4 Å². The second kappa shape index (κ2) is 12.3. The number of methoxy groups -OCH3 is 2. The molecule has 2 heterocycles. The van der Waals surface area contributed by atoms with Gasteiger partial charge in [0, 0.05) is 6.07 Å². The van der Waals surface area contributed by atoms with Crippen molar-refractivity contribution in [1.82, 2.24) is 14.1 Å². The van der Waals surface area contributed by atoms with E-state index in [9.17, 15) is 27.6 Å². The molecular formula is C29H23F3N4O5. The maximum absolute atomic E-state index is 13.6. The van der Waals surface area contributed by atoms with Crippen LogP contribution in [-0.2, 0) is 17.9 Å². The van der Waals surface area contributed by atoms with E-state index in [1.54, 1.807) is 53.8 Å². The summed E-state index contributed by atoms with van der Waals surface area (Å²) in [6.07, 6.45) is -5.09. The van der Waals surface area contributed by atoms with Gasteiger partial charge < -0.3 is 14.8 Å². The molecule has 4 aromatic rings. The highest BCUT2D eigenvalue weighted by atomic mass is 19.4. The summed E-state index contributed by atoms with van der Waals surface area (Å²) in [4.78, 5) is 41.8. The maximum atomic E-state index is 13.6. The van der Waals surface area contributed by atoms with Gasteiger partial charge in [0.15, 0.2) is 0 Å². The number of carbonyl (C=O) groups is 1. The highest BCUT2D eigenvalue weighted by molar-refractivity contribution is 5.94. The zero-order chi connectivity index (χ0) is 29.6. The molecule has 0 fully saturated rings. The van der Waals surface area contributed by atoms with Gasteiger partial charge in [-0.15, -0.1) is 0 Å². The number of pyridine rings is 1. The lowest BCUT2D eigenvalue weighted by Crippen LogP contribution is -2.41. The Kier molecular flexibility index (Phi) is 8.57. The Balaban J connectivity index is 1.74. The third-order valence-corrected chi connectivity index (χ3v) is 5.85. The summed E-state index contributed by atoms with van der Waals surface area (Å²) in [5, 5.41) is 1.66. The SMILES string of the molecule is COc1ccc(Cn2c(C#Cc3cccc(NC(=O)C(F)(F)F)n3)cc(=O)n(Cc3ccc(OC)cc3)c2=O)cc1. The number of carbonyl (C=O) groups excluding carboxylic acids is 1. The van der Waals surface area contributed by atoms with Crippen LogP contribution in [0.2, 0.25) is 0 Å². The average Bonchev–Trinajstić information content (AvgIpc) is 2.96. The molecular weight excluding hydrogens is 541 g/mol. The van der Waals surface area contributed by atoms with Crippen LogP contribution < -0.4 is 26.0 Å². The van der Waals surface area contributed by atoms with E-state index in [-0.39, 0.29) is 30.3 Å². The van der Waals surface area contributed by atoms with E-state index in [0.717, 1.165) is 10.1 Å². The Bertz CT molecular complexity index is 1730. The van der Waals surface area contributed by atoms with Crippen molar-refractivity contribution in [3.8, 4) is 23.3 Å². The second-order valence-corrected chi connectivity index (χ2v) is 8.63. The number of amides is 1. The summed E-state index contributed by atoms with van der Waals surface area (Å²) in [7, 11) is 3.06. The average molecular weight is 565 g/mol. The Hall–Kier alpha value is -5.31. The topological polar surface area (TPSA) is 104 Å². The predicted octanol–water partition coefficient (Wildman–Crippen LogP) is 3.42. The van der Waals surface area contributed by atoms with Gasteiger partial charge in [-0.3, -0.25) is 18.7 Å². The van der Waals surface area contributed by atoms with E-state index < -0.39 is 23.3 Å². The number of hydrogen-bond donors (Lipinski definition) is 1. The van der Waals surface area contributed by atoms with Crippen LogP contribution in [0, 0.1) is 11.8 Å². The fourth-order valence-electron chi connectivity index (χ4n) is 3.73. The number of ether oxygens (including phenoxy) is 2. The van der Waals surface area contributed by atoms with Crippen molar-refractivity contribution in [2.75, 3.05) is 19.5 Å². The lowest BCUT2D eigenvalue weighted by atomic mass is 10.2. The van der Waals surface area contributed by atoms with Crippen molar-refractivity contribution in [2.24, 2.45) is 0 Å². The van der Waals surface area contributed by atoms with Crippen molar-refractivity contribution in [2.45, 2.75) is 19.3 Å². The summed E-state index contributed by atoms with van der Waals surface area (Å²) < 4.78 is 50.5. The number of alkyl halides is 3. The van der Waals surface area contributed by atoms with Crippen molar-refractivity contribution in [1.29, 1.82) is 0 Å². The Morgan fingerprint density at radius 3 is 1.95 bits per heavy atom. The number of halogens is 3. The first-order valence-electron chi connectivity index (χ1n) is 12.0. The second-order valence-electron chi connectivity index (χ2n) is 8.63. The molecule has 2 aromatic heterocycles. The fourth-order valence-corrected chi connectivity index (χ4v) is 3.73. The summed E-state index contributed by atoms with van der Waals surface area (Å²) >= 11 is 0. The molecule has 41 heavy (non-hydrogen) atoms. The summed E-state index contributed by atoms with van der Waals surface area (Å²) in [5.41, 5.74) is 0.277. The molecule has 0 radical (unpaired) electrons. The van der Waals surface area contributed by atoms with Crippen molar-refractivity contribution in [3.05, 3.63) is 116 Å². The molecule has 0 saturated carbocycles. The first kappa shape index (κ1) is 28.7. The maximum Gasteiger partial charge on any atom is 0.471 e. The third kappa shape index (κ3) is 7.21. The van der Waals surface area contributed by atoms with Crippen molar-refractivity contribution in [3.63, 3.8) is 0 Å². The lowest BCUT2D eigenvalue weighted by Gasteiger charge is -2.13. The van der Waals surface area contributed by atoms with Crippen LogP contribution in [0.3, 0.4) is 0 Å². The normalized spacial score (nSPS) is 10.9. The van der Waals surface area contributed by atoms with Gasteiger partial charge in [-0.2, -0.15) is 13.2 Å². The third-order valence-electron chi connectivity index (χ3n) is 5.85. The number of aromatic nitrogens is 3. The minimum Gasteiger partial charge on any atom is -0.497 e. The Morgan fingerprint density at radius 2 is 1.41 bits per heavy atom. The van der Waals surface area contributed by atoms with Gasteiger partial charge in [0.1, 0.15) is 28.7 Å². The van der Waals surface area contributed by atoms with E-state index in [2.05, 4.69) is 16.8 Å². The summed E-state index contributed by atoms with van der Waals surface area (Å²) in [6.45, 7) is 0.0608. The molecule has 0 atom stereocenters. The zero-order valence-electron chi connectivity index (χ0n) is 21.9. The molecule has 0 saturated heterocycles. The number of rotatable bonds is 7. The van der Waals surface area contributed by atoms with Gasteiger partial charge in [-0.05, 0) is 59.4 Å². The number of benzene rings is 2. The van der Waals surface area contributed by atoms with Gasteiger partial charge in [0.2, 0.25) is 0 Å². The van der Waals surface area contributed by atoms with Crippen LogP contribution in [-0.4, -0.2) is 40.4 Å². The van der Waals surface area contributed by atoms with Crippen LogP contribution in [0.4, 0.5) is 19.0 Å². The summed E-state index contributed by atoms with van der Waals surface area (Å²) in [6, 6.07) is 19.0. The molecule has 0 aliphatic carbocycles. The highest BCUT2D eigenvalue weighted by Gasteiger charge is 2.38. The first-order valence-corrected chi connectivity index (χ1v) is 12.0. The minimum atomic E-state index is -5.09. The molecule has 2 aromatic carbocycles. The monoisotopic (exact) mass is 564 g/mol. The smallest absolute Gasteiger partial charge is 0.471 e. The largest absolute Gasteiger partial charge is 0.497 e. The van der Waals surface area contributed by atoms with Crippen LogP contribution in [0.1, 0.15) is 22.5 Å². The molecule has 0 bridgehead atoms. The number of nitrogens with one attached hydrogen (secondary N) is 1. The predicted molar refractivity (Wildman–Crippen MR) is 144 cm³/mol. The van der Waals surface area contributed by atoms with Crippen molar-refractivity contribution < 1.29 is 27.4 Å². The lowest BCUT2D eigenvalue weighted by molar-refractivity contribution is -0.167. The van der Waals surface area contributed by atoms with E-state index in [1.165, 1.54) is 43.1 Å². The Morgan fingerprint density at radius 1 is 0.854 bits per heavy atom. The van der Waals surface area contributed by atoms with Crippen LogP contribution in [0.25, 0.3) is 0 Å². The van der Waals surface area contributed by atoms with Crippen molar-refractivity contribution >= 4 is 11.7 Å². The van der Waals surface area contributed by atoms with E-state index in [0.29, 0.717) is 17.1 Å². The molecule has 4 rings (SSSR count). The molecule has 210 valence electrons. The van der Waals surface area contributed by atoms with Gasteiger partial charge in [0.05, 0.1) is 27.3 Å². The van der Waals surface area contributed by atoms with Gasteiger partial charge in [-0.25, -0.2) is 9.78 Å². The first-order chi connectivity index (χ1) is 19.6. The molecule has 1 N–H and O–H groups in total. The molecule has 0 spiro atoms. The van der Waals surface area contributed by atoms with Gasteiger partial charge in [0.25, 0.3) is 5.56 Å². The van der Waals surface area contributed by atoms with E-state index in [4.69, 9.17) is 9.47 Å². The molecule has 0 unspecified atom stereocenters. The standard InChI is InChI=1S/C29H23F3N4O5/c1-40-23-12-6-19(7-13-23)17-35-22(11-10-21-4-3-5-25(33-21)34-27(38)29(30,31)32)16-26(37)36(28(35)39)18-20-8-14-24(41-2)15-9-20/h3-9,12-16H,17-18H2,1-2H3,(H,33,34,38). The van der Waals surface area contributed by atoms with Crippen LogP contribution in [0.5, 0.6) is 11.5 Å². The number of hydrogen-bond acceptors (Lipinski definition) is 6. The fraction of sp³-hybridized carbons (Fsp3) is 0.172. The molecule has 0 aliphatic heterocycles. The van der Waals surface area contributed by atoms with Gasteiger partial charge >= 0.3 is 17.8 Å². The van der Waals surface area contributed by atoms with Gasteiger partial charge in [-0.1, -0.05) is 30.3 Å². The number of nitrogens with zero attached hydrogens (tertiary/aromatic N) is 3. The molecule has 1 amide bonds. The Labute approximate surface area is 231 Å². The summed E-state index contributed by atoms with van der Waals surface area (Å²) in [5.74, 6) is 4.10. The molecule has 9 nitrogen and oxygen atoms in total.